The van der Waals surface area contributed by atoms with E-state index in [9.17, 15) is 4.79 Å². The quantitative estimate of drug-likeness (QED) is 0.779. The van der Waals surface area contributed by atoms with Crippen LogP contribution in [0.4, 0.5) is 4.79 Å². The van der Waals surface area contributed by atoms with Crippen LogP contribution >= 0.6 is 11.6 Å². The van der Waals surface area contributed by atoms with E-state index in [0.29, 0.717) is 35.3 Å². The maximum Gasteiger partial charge on any atom is 0.319 e. The third-order valence-electron chi connectivity index (χ3n) is 5.59. The van der Waals surface area contributed by atoms with Gasteiger partial charge in [-0.05, 0) is 31.6 Å². The van der Waals surface area contributed by atoms with E-state index in [1.54, 1.807) is 14.2 Å². The van der Waals surface area contributed by atoms with Crippen molar-refractivity contribution in [3.05, 3.63) is 22.2 Å². The van der Waals surface area contributed by atoms with Crippen molar-refractivity contribution in [2.45, 2.75) is 63.3 Å². The second kappa shape index (κ2) is 7.26. The van der Waals surface area contributed by atoms with E-state index in [0.717, 1.165) is 18.5 Å². The van der Waals surface area contributed by atoms with Crippen LogP contribution in [0.3, 0.4) is 0 Å². The molecule has 0 radical (unpaired) electrons. The Balaban J connectivity index is 1.62. The molecule has 3 rings (SSSR count). The van der Waals surface area contributed by atoms with Crippen LogP contribution in [-0.4, -0.2) is 25.8 Å². The Morgan fingerprint density at radius 2 is 1.75 bits per heavy atom. The van der Waals surface area contributed by atoms with Crippen molar-refractivity contribution in [1.82, 2.24) is 10.6 Å². The van der Waals surface area contributed by atoms with E-state index in [1.165, 1.54) is 32.1 Å². The first kappa shape index (κ1) is 17.5. The first-order valence-electron chi connectivity index (χ1n) is 8.84. The third-order valence-corrected chi connectivity index (χ3v) is 5.93. The van der Waals surface area contributed by atoms with E-state index in [2.05, 4.69) is 10.6 Å². The summed E-state index contributed by atoms with van der Waals surface area (Å²) >= 11 is 6.19. The minimum absolute atomic E-state index is 0.0184. The lowest BCUT2D eigenvalue weighted by Gasteiger charge is -2.31. The standard InChI is InChI=1S/C18H27ClN2O3/c1-23-15-11-14(16(24-2)10-13(15)19)20-17(22)21-18(8-9-18)12-6-4-3-5-7-12/h12H,3-11H2,1-2H3,(H2,20,21,22). The van der Waals surface area contributed by atoms with Gasteiger partial charge in [0.1, 0.15) is 11.5 Å². The molecule has 2 N–H and O–H groups in total. The highest BCUT2D eigenvalue weighted by Gasteiger charge is 2.50. The Bertz CT molecular complexity index is 561. The van der Waals surface area contributed by atoms with Crippen LogP contribution in [0.1, 0.15) is 57.8 Å². The Morgan fingerprint density at radius 1 is 1.08 bits per heavy atom. The lowest BCUT2D eigenvalue weighted by molar-refractivity contribution is 0.213. The van der Waals surface area contributed by atoms with Gasteiger partial charge in [-0.2, -0.15) is 0 Å². The predicted octanol–water partition coefficient (Wildman–Crippen LogP) is 4.15. The summed E-state index contributed by atoms with van der Waals surface area (Å²) in [5.41, 5.74) is 0.751. The number of carbonyl (C=O) groups excluding carboxylic acids is 1. The van der Waals surface area contributed by atoms with E-state index >= 15 is 0 Å². The van der Waals surface area contributed by atoms with Gasteiger partial charge < -0.3 is 20.1 Å². The Morgan fingerprint density at radius 3 is 2.33 bits per heavy atom. The van der Waals surface area contributed by atoms with E-state index in [1.807, 2.05) is 0 Å². The Hall–Kier alpha value is -1.36. The predicted molar refractivity (Wildman–Crippen MR) is 93.4 cm³/mol. The number of hydrogen-bond acceptors (Lipinski definition) is 3. The number of rotatable bonds is 5. The molecule has 0 saturated heterocycles. The van der Waals surface area contributed by atoms with E-state index < -0.39 is 0 Å². The molecule has 0 aromatic carbocycles. The molecule has 24 heavy (non-hydrogen) atoms. The molecular formula is C18H27ClN2O3. The van der Waals surface area contributed by atoms with Gasteiger partial charge in [0, 0.05) is 12.0 Å². The first-order chi connectivity index (χ1) is 11.6. The molecule has 2 amide bonds. The zero-order valence-electron chi connectivity index (χ0n) is 14.5. The SMILES string of the molecule is COC1=C(Cl)CC(OC)=C(NC(=O)NC2(C3CCCCC3)CC2)C1. The molecule has 2 fully saturated rings. The van der Waals surface area contributed by atoms with Crippen LogP contribution in [0.5, 0.6) is 0 Å². The fourth-order valence-corrected chi connectivity index (χ4v) is 4.28. The zero-order chi connectivity index (χ0) is 17.2. The van der Waals surface area contributed by atoms with E-state index in [4.69, 9.17) is 21.1 Å². The number of hydrogen-bond donors (Lipinski definition) is 2. The number of ether oxygens (including phenoxy) is 2. The van der Waals surface area contributed by atoms with Gasteiger partial charge in [0.2, 0.25) is 0 Å². The first-order valence-corrected chi connectivity index (χ1v) is 9.22. The number of halogens is 1. The maximum atomic E-state index is 12.5. The summed E-state index contributed by atoms with van der Waals surface area (Å²) in [5, 5.41) is 6.84. The van der Waals surface area contributed by atoms with Gasteiger partial charge in [0.25, 0.3) is 0 Å². The van der Waals surface area contributed by atoms with Gasteiger partial charge in [0.05, 0.1) is 31.4 Å². The lowest BCUT2D eigenvalue weighted by atomic mass is 9.82. The molecule has 0 atom stereocenters. The molecule has 6 heteroatoms. The summed E-state index contributed by atoms with van der Waals surface area (Å²) in [6, 6.07) is -0.143. The average Bonchev–Trinajstić information content (AvgIpc) is 3.37. The van der Waals surface area contributed by atoms with Crippen LogP contribution in [0.25, 0.3) is 0 Å². The summed E-state index contributed by atoms with van der Waals surface area (Å²) in [5.74, 6) is 2.00. The van der Waals surface area contributed by atoms with Gasteiger partial charge in [0.15, 0.2) is 0 Å². The normalized spacial score (nSPS) is 23.8. The van der Waals surface area contributed by atoms with Gasteiger partial charge in [-0.3, -0.25) is 0 Å². The maximum absolute atomic E-state index is 12.5. The smallest absolute Gasteiger partial charge is 0.319 e. The molecule has 134 valence electrons. The zero-order valence-corrected chi connectivity index (χ0v) is 15.3. The number of amides is 2. The highest BCUT2D eigenvalue weighted by Crippen LogP contribution is 2.48. The molecule has 0 aromatic rings. The molecule has 0 heterocycles. The minimum Gasteiger partial charge on any atom is -0.499 e. The second-order valence-electron chi connectivity index (χ2n) is 7.06. The summed E-state index contributed by atoms with van der Waals surface area (Å²) in [4.78, 5) is 12.5. The highest BCUT2D eigenvalue weighted by atomic mass is 35.5. The minimum atomic E-state index is -0.143. The van der Waals surface area contributed by atoms with Crippen LogP contribution in [-0.2, 0) is 9.47 Å². The molecule has 0 aliphatic heterocycles. The van der Waals surface area contributed by atoms with Crippen molar-refractivity contribution in [2.75, 3.05) is 14.2 Å². The molecule has 2 saturated carbocycles. The summed E-state index contributed by atoms with van der Waals surface area (Å²) < 4.78 is 10.7. The molecule has 0 aromatic heterocycles. The van der Waals surface area contributed by atoms with Crippen LogP contribution < -0.4 is 10.6 Å². The highest BCUT2D eigenvalue weighted by molar-refractivity contribution is 6.30. The summed E-state index contributed by atoms with van der Waals surface area (Å²) in [7, 11) is 3.19. The molecule has 0 spiro atoms. The fraction of sp³-hybridized carbons (Fsp3) is 0.722. The van der Waals surface area contributed by atoms with Crippen molar-refractivity contribution in [1.29, 1.82) is 0 Å². The number of allylic oxidation sites excluding steroid dienone is 1. The lowest BCUT2D eigenvalue weighted by Crippen LogP contribution is -2.48. The Kier molecular flexibility index (Phi) is 5.28. The molecule has 0 bridgehead atoms. The Labute approximate surface area is 148 Å². The number of urea groups is 1. The van der Waals surface area contributed by atoms with Crippen molar-refractivity contribution >= 4 is 17.6 Å². The van der Waals surface area contributed by atoms with Gasteiger partial charge in [-0.1, -0.05) is 30.9 Å². The molecule has 5 nitrogen and oxygen atoms in total. The van der Waals surface area contributed by atoms with Crippen molar-refractivity contribution in [2.24, 2.45) is 5.92 Å². The van der Waals surface area contributed by atoms with Crippen molar-refractivity contribution < 1.29 is 14.3 Å². The third kappa shape index (κ3) is 3.66. The van der Waals surface area contributed by atoms with Crippen molar-refractivity contribution in [3.8, 4) is 0 Å². The molecule has 3 aliphatic carbocycles. The summed E-state index contributed by atoms with van der Waals surface area (Å²) in [6.45, 7) is 0. The van der Waals surface area contributed by atoms with Crippen LogP contribution in [0.15, 0.2) is 22.2 Å². The monoisotopic (exact) mass is 354 g/mol. The number of nitrogens with one attached hydrogen (secondary N) is 2. The number of carbonyl (C=O) groups is 1. The molecular weight excluding hydrogens is 328 g/mol. The van der Waals surface area contributed by atoms with Crippen LogP contribution in [0.2, 0.25) is 0 Å². The number of methoxy groups -OCH3 is 2. The largest absolute Gasteiger partial charge is 0.499 e. The topological polar surface area (TPSA) is 59.6 Å². The second-order valence-corrected chi connectivity index (χ2v) is 7.52. The molecule has 3 aliphatic rings. The van der Waals surface area contributed by atoms with Gasteiger partial charge in [-0.25, -0.2) is 4.79 Å². The van der Waals surface area contributed by atoms with Crippen LogP contribution in [0, 0.1) is 5.92 Å². The average molecular weight is 355 g/mol. The molecule has 0 unspecified atom stereocenters. The fourth-order valence-electron chi connectivity index (χ4n) is 4.01. The van der Waals surface area contributed by atoms with Gasteiger partial charge in [-0.15, -0.1) is 0 Å². The van der Waals surface area contributed by atoms with E-state index in [-0.39, 0.29) is 11.6 Å². The van der Waals surface area contributed by atoms with Crippen molar-refractivity contribution in [3.63, 3.8) is 0 Å². The van der Waals surface area contributed by atoms with Gasteiger partial charge >= 0.3 is 6.03 Å². The summed E-state index contributed by atoms with van der Waals surface area (Å²) in [6.07, 6.45) is 9.46.